The van der Waals surface area contributed by atoms with Gasteiger partial charge < -0.3 is 10.0 Å². The van der Waals surface area contributed by atoms with Crippen LogP contribution in [0.4, 0.5) is 5.13 Å². The standard InChI is InChI=1S/C12H14N2OS2/c1-8(15)10-7-17-12(13-10)14-4-2-11-9(6-14)3-5-16-11/h3,5,7-8,15H,2,4,6H2,1H3. The number of rotatable bonds is 2. The van der Waals surface area contributed by atoms with Crippen LogP contribution >= 0.6 is 22.7 Å². The van der Waals surface area contributed by atoms with Crippen LogP contribution in [0.5, 0.6) is 0 Å². The number of hydrogen-bond acceptors (Lipinski definition) is 5. The first-order valence-corrected chi connectivity index (χ1v) is 7.43. The molecule has 0 aromatic carbocycles. The summed E-state index contributed by atoms with van der Waals surface area (Å²) < 4.78 is 0. The number of anilines is 1. The highest BCUT2D eigenvalue weighted by molar-refractivity contribution is 7.13. The van der Waals surface area contributed by atoms with E-state index in [1.54, 1.807) is 18.3 Å². The van der Waals surface area contributed by atoms with Gasteiger partial charge in [-0.25, -0.2) is 4.98 Å². The zero-order valence-corrected chi connectivity index (χ0v) is 11.2. The van der Waals surface area contributed by atoms with Gasteiger partial charge in [0, 0.05) is 23.3 Å². The molecular weight excluding hydrogens is 252 g/mol. The smallest absolute Gasteiger partial charge is 0.185 e. The van der Waals surface area contributed by atoms with Crippen molar-refractivity contribution in [2.45, 2.75) is 26.0 Å². The zero-order chi connectivity index (χ0) is 11.8. The molecule has 0 saturated carbocycles. The SMILES string of the molecule is CC(O)c1csc(N2CCc3sccc3C2)n1. The van der Waals surface area contributed by atoms with Gasteiger partial charge in [-0.1, -0.05) is 0 Å². The minimum atomic E-state index is -0.471. The van der Waals surface area contributed by atoms with E-state index in [9.17, 15) is 5.11 Å². The molecule has 0 fully saturated rings. The molecule has 17 heavy (non-hydrogen) atoms. The van der Waals surface area contributed by atoms with E-state index in [1.165, 1.54) is 10.4 Å². The molecule has 3 heterocycles. The quantitative estimate of drug-likeness (QED) is 0.908. The Morgan fingerprint density at radius 3 is 3.12 bits per heavy atom. The van der Waals surface area contributed by atoms with E-state index in [0.717, 1.165) is 30.3 Å². The molecule has 0 bridgehead atoms. The molecule has 2 aromatic rings. The fourth-order valence-corrected chi connectivity index (χ4v) is 3.85. The lowest BCUT2D eigenvalue weighted by Gasteiger charge is -2.26. The molecular formula is C12H14N2OS2. The van der Waals surface area contributed by atoms with Crippen molar-refractivity contribution in [2.75, 3.05) is 11.4 Å². The molecule has 1 N–H and O–H groups in total. The van der Waals surface area contributed by atoms with Gasteiger partial charge in [0.2, 0.25) is 0 Å². The Morgan fingerprint density at radius 2 is 2.35 bits per heavy atom. The molecule has 90 valence electrons. The monoisotopic (exact) mass is 266 g/mol. The van der Waals surface area contributed by atoms with Crippen molar-refractivity contribution in [3.05, 3.63) is 33.0 Å². The minimum absolute atomic E-state index is 0.471. The molecule has 0 radical (unpaired) electrons. The number of fused-ring (bicyclic) bond motifs is 1. The maximum absolute atomic E-state index is 9.49. The second kappa shape index (κ2) is 4.40. The lowest BCUT2D eigenvalue weighted by Crippen LogP contribution is -2.29. The highest BCUT2D eigenvalue weighted by atomic mass is 32.1. The summed E-state index contributed by atoms with van der Waals surface area (Å²) in [4.78, 5) is 8.29. The number of nitrogens with zero attached hydrogens (tertiary/aromatic N) is 2. The van der Waals surface area contributed by atoms with Gasteiger partial charge in [0.15, 0.2) is 5.13 Å². The fourth-order valence-electron chi connectivity index (χ4n) is 2.03. The summed E-state index contributed by atoms with van der Waals surface area (Å²) >= 11 is 3.47. The van der Waals surface area contributed by atoms with Crippen LogP contribution in [0.15, 0.2) is 16.8 Å². The van der Waals surface area contributed by atoms with Crippen LogP contribution in [-0.4, -0.2) is 16.6 Å². The second-order valence-electron chi connectivity index (χ2n) is 4.27. The lowest BCUT2D eigenvalue weighted by molar-refractivity contribution is 0.195. The first kappa shape index (κ1) is 11.2. The number of aromatic nitrogens is 1. The van der Waals surface area contributed by atoms with Crippen molar-refractivity contribution in [1.29, 1.82) is 0 Å². The van der Waals surface area contributed by atoms with Crippen LogP contribution in [0.1, 0.15) is 29.2 Å². The maximum atomic E-state index is 9.49. The first-order valence-electron chi connectivity index (χ1n) is 5.67. The molecule has 5 heteroatoms. The Balaban J connectivity index is 1.82. The van der Waals surface area contributed by atoms with E-state index in [1.807, 2.05) is 16.7 Å². The molecule has 1 atom stereocenters. The van der Waals surface area contributed by atoms with Crippen molar-refractivity contribution in [3.63, 3.8) is 0 Å². The van der Waals surface area contributed by atoms with Gasteiger partial charge in [-0.05, 0) is 30.4 Å². The highest BCUT2D eigenvalue weighted by Crippen LogP contribution is 2.30. The highest BCUT2D eigenvalue weighted by Gasteiger charge is 2.20. The van der Waals surface area contributed by atoms with Crippen LogP contribution in [0, 0.1) is 0 Å². The van der Waals surface area contributed by atoms with Crippen LogP contribution in [0.2, 0.25) is 0 Å². The summed E-state index contributed by atoms with van der Waals surface area (Å²) in [6, 6.07) is 2.20. The number of hydrogen-bond donors (Lipinski definition) is 1. The van der Waals surface area contributed by atoms with E-state index in [2.05, 4.69) is 21.3 Å². The van der Waals surface area contributed by atoms with E-state index in [4.69, 9.17) is 0 Å². The van der Waals surface area contributed by atoms with Crippen molar-refractivity contribution >= 4 is 27.8 Å². The molecule has 0 saturated heterocycles. The fraction of sp³-hybridized carbons (Fsp3) is 0.417. The Kier molecular flexibility index (Phi) is 2.90. The summed E-state index contributed by atoms with van der Waals surface area (Å²) in [5.41, 5.74) is 2.20. The van der Waals surface area contributed by atoms with Crippen molar-refractivity contribution in [2.24, 2.45) is 0 Å². The lowest BCUT2D eigenvalue weighted by atomic mass is 10.1. The third-order valence-electron chi connectivity index (χ3n) is 3.02. The topological polar surface area (TPSA) is 36.4 Å². The zero-order valence-electron chi connectivity index (χ0n) is 9.59. The van der Waals surface area contributed by atoms with Gasteiger partial charge in [0.05, 0.1) is 11.8 Å². The van der Waals surface area contributed by atoms with E-state index >= 15 is 0 Å². The van der Waals surface area contributed by atoms with Gasteiger partial charge in [-0.2, -0.15) is 0 Å². The third kappa shape index (κ3) is 2.10. The van der Waals surface area contributed by atoms with E-state index < -0.39 is 6.10 Å². The average Bonchev–Trinajstić information content (AvgIpc) is 2.97. The van der Waals surface area contributed by atoms with Gasteiger partial charge >= 0.3 is 0 Å². The number of aliphatic hydroxyl groups is 1. The molecule has 1 unspecified atom stereocenters. The van der Waals surface area contributed by atoms with Crippen LogP contribution < -0.4 is 4.90 Å². The Labute approximate surface area is 108 Å². The Morgan fingerprint density at radius 1 is 1.47 bits per heavy atom. The van der Waals surface area contributed by atoms with Crippen LogP contribution in [0.25, 0.3) is 0 Å². The first-order chi connectivity index (χ1) is 8.24. The minimum Gasteiger partial charge on any atom is -0.387 e. The summed E-state index contributed by atoms with van der Waals surface area (Å²) in [6.45, 7) is 3.73. The van der Waals surface area contributed by atoms with Crippen molar-refractivity contribution in [3.8, 4) is 0 Å². The normalized spacial score (nSPS) is 16.9. The summed E-state index contributed by atoms with van der Waals surface area (Å²) in [7, 11) is 0. The van der Waals surface area contributed by atoms with Crippen LogP contribution in [-0.2, 0) is 13.0 Å². The number of thiazole rings is 1. The largest absolute Gasteiger partial charge is 0.387 e. The number of aliphatic hydroxyl groups excluding tert-OH is 1. The molecule has 0 aliphatic carbocycles. The van der Waals surface area contributed by atoms with E-state index in [-0.39, 0.29) is 0 Å². The summed E-state index contributed by atoms with van der Waals surface area (Å²) in [6.07, 6.45) is 0.637. The van der Waals surface area contributed by atoms with E-state index in [0.29, 0.717) is 0 Å². The van der Waals surface area contributed by atoms with Crippen molar-refractivity contribution in [1.82, 2.24) is 4.98 Å². The molecule has 0 spiro atoms. The van der Waals surface area contributed by atoms with Gasteiger partial charge in [0.1, 0.15) is 0 Å². The Bertz CT molecular complexity index is 518. The maximum Gasteiger partial charge on any atom is 0.185 e. The third-order valence-corrected chi connectivity index (χ3v) is 4.96. The van der Waals surface area contributed by atoms with Gasteiger partial charge in [0.25, 0.3) is 0 Å². The van der Waals surface area contributed by atoms with Crippen molar-refractivity contribution < 1.29 is 5.11 Å². The molecule has 1 aliphatic rings. The van der Waals surface area contributed by atoms with Gasteiger partial charge in [-0.15, -0.1) is 22.7 Å². The molecule has 3 nitrogen and oxygen atoms in total. The number of thiophene rings is 1. The molecule has 1 aliphatic heterocycles. The summed E-state index contributed by atoms with van der Waals surface area (Å²) in [5.74, 6) is 0. The predicted molar refractivity (Wildman–Crippen MR) is 71.8 cm³/mol. The molecule has 3 rings (SSSR count). The van der Waals surface area contributed by atoms with Gasteiger partial charge in [-0.3, -0.25) is 0 Å². The predicted octanol–water partition coefficient (Wildman–Crippen LogP) is 2.82. The summed E-state index contributed by atoms with van der Waals surface area (Å²) in [5, 5.41) is 14.6. The second-order valence-corrected chi connectivity index (χ2v) is 6.11. The van der Waals surface area contributed by atoms with Crippen LogP contribution in [0.3, 0.4) is 0 Å². The average molecular weight is 266 g/mol. The Hall–Kier alpha value is -0.910. The molecule has 2 aromatic heterocycles. The molecule has 0 amide bonds.